The molecular formula is C6H7N. The van der Waals surface area contributed by atoms with Gasteiger partial charge in [0.05, 0.1) is 0 Å². The Labute approximate surface area is 42.8 Å². The van der Waals surface area contributed by atoms with Gasteiger partial charge in [-0.05, 0) is 18.2 Å². The predicted octanol–water partition coefficient (Wildman–Crippen LogP) is 0.944. The lowest BCUT2D eigenvalue weighted by Crippen LogP contribution is -1.94. The van der Waals surface area contributed by atoms with Gasteiger partial charge in [-0.2, -0.15) is 0 Å². The lowest BCUT2D eigenvalue weighted by molar-refractivity contribution is 1.16. The Kier molecular flexibility index (Phi) is 1.01. The van der Waals surface area contributed by atoms with E-state index in [9.17, 15) is 0 Å². The SMILES string of the molecule is NC1=CC=C=CC1. The molecule has 1 rings (SSSR count). The summed E-state index contributed by atoms with van der Waals surface area (Å²) < 4.78 is 0. The van der Waals surface area contributed by atoms with Crippen LogP contribution in [0.15, 0.2) is 29.7 Å². The Bertz CT molecular complexity index is 148. The average Bonchev–Trinajstić information content (AvgIpc) is 1.69. The molecule has 0 fully saturated rings. The zero-order valence-electron chi connectivity index (χ0n) is 4.02. The van der Waals surface area contributed by atoms with Crippen LogP contribution in [0.2, 0.25) is 0 Å². The van der Waals surface area contributed by atoms with E-state index >= 15 is 0 Å². The second-order valence-corrected chi connectivity index (χ2v) is 1.48. The highest BCUT2D eigenvalue weighted by atomic mass is 14.6. The molecule has 0 unspecified atom stereocenters. The van der Waals surface area contributed by atoms with Crippen molar-refractivity contribution in [2.45, 2.75) is 6.42 Å². The summed E-state index contributed by atoms with van der Waals surface area (Å²) in [6, 6.07) is 0. The van der Waals surface area contributed by atoms with E-state index in [-0.39, 0.29) is 0 Å². The molecule has 1 nitrogen and oxygen atoms in total. The average molecular weight is 93.1 g/mol. The molecule has 2 N–H and O–H groups in total. The van der Waals surface area contributed by atoms with Crippen LogP contribution in [0.4, 0.5) is 0 Å². The van der Waals surface area contributed by atoms with Crippen molar-refractivity contribution in [1.82, 2.24) is 0 Å². The van der Waals surface area contributed by atoms with Crippen LogP contribution >= 0.6 is 0 Å². The lowest BCUT2D eigenvalue weighted by atomic mass is 10.2. The lowest BCUT2D eigenvalue weighted by Gasteiger charge is -1.92. The van der Waals surface area contributed by atoms with Crippen molar-refractivity contribution in [2.75, 3.05) is 0 Å². The second kappa shape index (κ2) is 1.67. The molecule has 0 spiro atoms. The van der Waals surface area contributed by atoms with Crippen LogP contribution in [-0.4, -0.2) is 0 Å². The summed E-state index contributed by atoms with van der Waals surface area (Å²) in [5.74, 6) is 0. The number of allylic oxidation sites excluding steroid dienone is 2. The van der Waals surface area contributed by atoms with Crippen molar-refractivity contribution in [3.63, 3.8) is 0 Å². The van der Waals surface area contributed by atoms with Gasteiger partial charge in [-0.15, -0.1) is 5.73 Å². The summed E-state index contributed by atoms with van der Waals surface area (Å²) in [6.45, 7) is 0. The summed E-state index contributed by atoms with van der Waals surface area (Å²) in [6.07, 6.45) is 6.45. The van der Waals surface area contributed by atoms with Gasteiger partial charge in [0.2, 0.25) is 0 Å². The van der Waals surface area contributed by atoms with Gasteiger partial charge >= 0.3 is 0 Å². The molecule has 1 heteroatoms. The van der Waals surface area contributed by atoms with Crippen molar-refractivity contribution < 1.29 is 0 Å². The molecule has 36 valence electrons. The molecule has 0 bridgehead atoms. The Morgan fingerprint density at radius 3 is 2.86 bits per heavy atom. The topological polar surface area (TPSA) is 26.0 Å². The minimum Gasteiger partial charge on any atom is -0.402 e. The van der Waals surface area contributed by atoms with E-state index < -0.39 is 0 Å². The second-order valence-electron chi connectivity index (χ2n) is 1.48. The van der Waals surface area contributed by atoms with Gasteiger partial charge in [-0.1, -0.05) is 0 Å². The third kappa shape index (κ3) is 0.951. The normalized spacial score (nSPS) is 16.9. The highest BCUT2D eigenvalue weighted by molar-refractivity contribution is 5.16. The van der Waals surface area contributed by atoms with E-state index in [2.05, 4.69) is 5.73 Å². The molecule has 0 saturated heterocycles. The quantitative estimate of drug-likeness (QED) is 0.443. The first kappa shape index (κ1) is 4.23. The van der Waals surface area contributed by atoms with Gasteiger partial charge < -0.3 is 5.73 Å². The van der Waals surface area contributed by atoms with Gasteiger partial charge in [0.1, 0.15) is 0 Å². The Morgan fingerprint density at radius 1 is 1.71 bits per heavy atom. The maximum Gasteiger partial charge on any atom is 0.0131 e. The maximum absolute atomic E-state index is 5.39. The first-order valence-electron chi connectivity index (χ1n) is 2.25. The van der Waals surface area contributed by atoms with E-state index in [4.69, 9.17) is 5.73 Å². The molecule has 0 heterocycles. The van der Waals surface area contributed by atoms with Crippen molar-refractivity contribution in [3.8, 4) is 0 Å². The first-order chi connectivity index (χ1) is 3.39. The van der Waals surface area contributed by atoms with Crippen LogP contribution in [0.5, 0.6) is 0 Å². The summed E-state index contributed by atoms with van der Waals surface area (Å²) >= 11 is 0. The summed E-state index contributed by atoms with van der Waals surface area (Å²) in [5.41, 5.74) is 9.22. The molecule has 0 radical (unpaired) electrons. The minimum absolute atomic E-state index is 0.858. The Balaban J connectivity index is 2.77. The summed E-state index contributed by atoms with van der Waals surface area (Å²) in [5, 5.41) is 0. The van der Waals surface area contributed by atoms with Gasteiger partial charge in [0.25, 0.3) is 0 Å². The smallest absolute Gasteiger partial charge is 0.0131 e. The van der Waals surface area contributed by atoms with E-state index in [1.807, 2.05) is 18.2 Å². The minimum atomic E-state index is 0.858. The van der Waals surface area contributed by atoms with Gasteiger partial charge in [0.15, 0.2) is 0 Å². The first-order valence-corrected chi connectivity index (χ1v) is 2.25. The fourth-order valence-electron chi connectivity index (χ4n) is 0.468. The molecular weight excluding hydrogens is 86.1 g/mol. The maximum atomic E-state index is 5.39. The number of nitrogens with two attached hydrogens (primary N) is 1. The largest absolute Gasteiger partial charge is 0.402 e. The van der Waals surface area contributed by atoms with E-state index in [1.165, 1.54) is 0 Å². The van der Waals surface area contributed by atoms with Crippen LogP contribution in [0.25, 0.3) is 0 Å². The van der Waals surface area contributed by atoms with E-state index in [0.717, 1.165) is 12.1 Å². The van der Waals surface area contributed by atoms with Crippen LogP contribution in [0.3, 0.4) is 0 Å². The molecule has 1 aliphatic carbocycles. The number of rotatable bonds is 0. The van der Waals surface area contributed by atoms with Gasteiger partial charge in [-0.3, -0.25) is 0 Å². The Morgan fingerprint density at radius 2 is 2.57 bits per heavy atom. The Hall–Kier alpha value is -0.940. The number of hydrogen-bond acceptors (Lipinski definition) is 1. The predicted molar refractivity (Wildman–Crippen MR) is 29.5 cm³/mol. The molecule has 0 aromatic rings. The van der Waals surface area contributed by atoms with Crippen LogP contribution in [-0.2, 0) is 0 Å². The monoisotopic (exact) mass is 93.1 g/mol. The molecule has 0 aliphatic heterocycles. The zero-order chi connectivity index (χ0) is 5.11. The standard InChI is InChI=1S/C6H7N/c7-6-4-2-1-3-5-6/h2-4H,5,7H2. The summed E-state index contributed by atoms with van der Waals surface area (Å²) in [7, 11) is 0. The van der Waals surface area contributed by atoms with Crippen LogP contribution < -0.4 is 5.73 Å². The van der Waals surface area contributed by atoms with Gasteiger partial charge in [0, 0.05) is 12.1 Å². The van der Waals surface area contributed by atoms with Crippen molar-refractivity contribution in [3.05, 3.63) is 29.7 Å². The fraction of sp³-hybridized carbons (Fsp3) is 0.167. The third-order valence-corrected chi connectivity index (χ3v) is 0.849. The van der Waals surface area contributed by atoms with Crippen molar-refractivity contribution >= 4 is 0 Å². The van der Waals surface area contributed by atoms with Crippen molar-refractivity contribution in [1.29, 1.82) is 0 Å². The van der Waals surface area contributed by atoms with Crippen molar-refractivity contribution in [2.24, 2.45) is 5.73 Å². The highest BCUT2D eigenvalue weighted by Gasteiger charge is 1.83. The summed E-state index contributed by atoms with van der Waals surface area (Å²) in [4.78, 5) is 0. The van der Waals surface area contributed by atoms with Crippen LogP contribution in [0, 0.1) is 0 Å². The molecule has 0 aromatic heterocycles. The van der Waals surface area contributed by atoms with Crippen LogP contribution in [0.1, 0.15) is 6.42 Å². The van der Waals surface area contributed by atoms with E-state index in [0.29, 0.717) is 0 Å². The molecule has 0 atom stereocenters. The zero-order valence-corrected chi connectivity index (χ0v) is 4.02. The molecule has 0 aromatic carbocycles. The fourth-order valence-corrected chi connectivity index (χ4v) is 0.468. The molecule has 1 aliphatic rings. The molecule has 0 amide bonds. The molecule has 7 heavy (non-hydrogen) atoms. The van der Waals surface area contributed by atoms with E-state index in [1.54, 1.807) is 0 Å². The van der Waals surface area contributed by atoms with Gasteiger partial charge in [-0.25, -0.2) is 0 Å². The third-order valence-electron chi connectivity index (χ3n) is 0.849. The number of hydrogen-bond donors (Lipinski definition) is 1. The highest BCUT2D eigenvalue weighted by Crippen LogP contribution is 1.96. The molecule has 0 saturated carbocycles.